The third-order valence-corrected chi connectivity index (χ3v) is 6.92. The van der Waals surface area contributed by atoms with Crippen LogP contribution in [0.1, 0.15) is 58.7 Å². The highest BCUT2D eigenvalue weighted by molar-refractivity contribution is 7.90. The zero-order valence-electron chi connectivity index (χ0n) is 20.8. The highest BCUT2D eigenvalue weighted by atomic mass is 32.2. The van der Waals surface area contributed by atoms with E-state index < -0.39 is 46.1 Å². The number of hydrogen-bond donors (Lipinski definition) is 1. The maximum atomic E-state index is 14.2. The molecule has 2 aromatic heterocycles. The Morgan fingerprint density at radius 1 is 1.03 bits per heavy atom. The molecule has 2 heterocycles. The van der Waals surface area contributed by atoms with Gasteiger partial charge in [0.2, 0.25) is 0 Å². The van der Waals surface area contributed by atoms with Crippen LogP contribution in [0.15, 0.2) is 36.5 Å². The molecule has 4 nitrogen and oxygen atoms in total. The molecule has 198 valence electrons. The van der Waals surface area contributed by atoms with E-state index >= 15 is 0 Å². The van der Waals surface area contributed by atoms with Gasteiger partial charge in [-0.25, -0.2) is 18.2 Å². The van der Waals surface area contributed by atoms with Gasteiger partial charge in [0.25, 0.3) is 6.43 Å². The van der Waals surface area contributed by atoms with Gasteiger partial charge in [0, 0.05) is 40.6 Å². The monoisotopic (exact) mass is 533 g/mol. The van der Waals surface area contributed by atoms with E-state index in [4.69, 9.17) is 0 Å². The van der Waals surface area contributed by atoms with Gasteiger partial charge in [-0.3, -0.25) is 0 Å². The highest BCUT2D eigenvalue weighted by Gasteiger charge is 2.37. The van der Waals surface area contributed by atoms with Crippen LogP contribution in [-0.2, 0) is 24.1 Å². The quantitative estimate of drug-likeness (QED) is 0.268. The number of pyridine rings is 1. The summed E-state index contributed by atoms with van der Waals surface area (Å²) in [5.74, 6) is -1.04. The Morgan fingerprint density at radius 2 is 1.67 bits per heavy atom. The van der Waals surface area contributed by atoms with Gasteiger partial charge in [-0.05, 0) is 56.5 Å². The van der Waals surface area contributed by atoms with Crippen molar-refractivity contribution in [3.05, 3.63) is 53.5 Å². The van der Waals surface area contributed by atoms with Crippen LogP contribution >= 0.6 is 0 Å². The second kappa shape index (κ2) is 9.90. The number of hydrogen-bond acceptors (Lipinski definition) is 3. The first-order chi connectivity index (χ1) is 16.4. The summed E-state index contributed by atoms with van der Waals surface area (Å²) in [7, 11) is 0. The molecule has 1 aromatic carbocycles. The van der Waals surface area contributed by atoms with E-state index in [0.29, 0.717) is 18.0 Å². The average molecular weight is 534 g/mol. The smallest absolute Gasteiger partial charge is 0.417 e. The van der Waals surface area contributed by atoms with Gasteiger partial charge in [-0.2, -0.15) is 13.2 Å². The summed E-state index contributed by atoms with van der Waals surface area (Å²) in [6, 6.07) is 3.43. The fourth-order valence-electron chi connectivity index (χ4n) is 3.74. The second-order valence-electron chi connectivity index (χ2n) is 10.8. The lowest BCUT2D eigenvalue weighted by molar-refractivity contribution is -0.137. The van der Waals surface area contributed by atoms with Crippen molar-refractivity contribution < 1.29 is 30.9 Å². The van der Waals surface area contributed by atoms with Crippen LogP contribution in [0.3, 0.4) is 0 Å². The van der Waals surface area contributed by atoms with Gasteiger partial charge in [-0.1, -0.05) is 20.8 Å². The van der Waals surface area contributed by atoms with Crippen molar-refractivity contribution in [1.29, 1.82) is 0 Å². The van der Waals surface area contributed by atoms with Crippen molar-refractivity contribution in [2.75, 3.05) is 0 Å². The number of halogens is 6. The Hall–Kier alpha value is -2.24. The molecule has 3 aromatic rings. The summed E-state index contributed by atoms with van der Waals surface area (Å²) < 4.78 is 98.8. The molecule has 0 spiro atoms. The van der Waals surface area contributed by atoms with Gasteiger partial charge >= 0.3 is 6.18 Å². The molecule has 0 aliphatic rings. The zero-order valence-corrected chi connectivity index (χ0v) is 21.6. The van der Waals surface area contributed by atoms with E-state index in [2.05, 4.69) is 9.71 Å². The molecule has 0 aliphatic carbocycles. The van der Waals surface area contributed by atoms with Crippen LogP contribution in [0, 0.1) is 11.2 Å². The fraction of sp³-hybridized carbons (Fsp3) is 0.480. The first kappa shape index (κ1) is 28.3. The van der Waals surface area contributed by atoms with E-state index in [1.165, 1.54) is 18.3 Å². The normalized spacial score (nSPS) is 15.1. The third kappa shape index (κ3) is 6.36. The fourth-order valence-corrected chi connectivity index (χ4v) is 4.55. The van der Waals surface area contributed by atoms with Gasteiger partial charge in [0.15, 0.2) is 0 Å². The number of fused-ring (bicyclic) bond motifs is 1. The lowest BCUT2D eigenvalue weighted by Gasteiger charge is -2.27. The van der Waals surface area contributed by atoms with Crippen molar-refractivity contribution >= 4 is 22.4 Å². The molecule has 0 saturated carbocycles. The molecule has 1 unspecified atom stereocenters. The maximum Gasteiger partial charge on any atom is 0.417 e. The highest BCUT2D eigenvalue weighted by Crippen LogP contribution is 2.39. The standard InChI is InChI=1S/C25H29F6N3OS/c1-23(2,3)13-34-12-17(20(21(27)28)33-36(35)24(4,5)6)15-9-10-19(32-22(15)34)16-8-7-14(26)11-18(16)25(29,30)31/h7-12,20-21,33H,13H2,1-6H3/t20?,36-/m0/s1. The number of aromatic nitrogens is 2. The zero-order chi connectivity index (χ0) is 27.2. The van der Waals surface area contributed by atoms with Crippen molar-refractivity contribution in [2.45, 2.75) is 71.5 Å². The molecular formula is C25H29F6N3OS. The number of alkyl halides is 5. The molecule has 0 fully saturated rings. The lowest BCUT2D eigenvalue weighted by atomic mass is 9.97. The molecule has 3 rings (SSSR count). The van der Waals surface area contributed by atoms with Crippen molar-refractivity contribution in [2.24, 2.45) is 5.41 Å². The Bertz CT molecular complexity index is 1230. The molecule has 0 amide bonds. The van der Waals surface area contributed by atoms with E-state index in [-0.39, 0.29) is 27.9 Å². The first-order valence-electron chi connectivity index (χ1n) is 11.2. The summed E-state index contributed by atoms with van der Waals surface area (Å²) in [6.07, 6.45) is -6.27. The first-order valence-corrected chi connectivity index (χ1v) is 12.4. The predicted molar refractivity (Wildman–Crippen MR) is 129 cm³/mol. The van der Waals surface area contributed by atoms with E-state index in [0.717, 1.165) is 12.1 Å². The Labute approximate surface area is 209 Å². The summed E-state index contributed by atoms with van der Waals surface area (Å²) in [5.41, 5.74) is -1.57. The predicted octanol–water partition coefficient (Wildman–Crippen LogP) is 7.27. The van der Waals surface area contributed by atoms with Crippen LogP contribution in [0.4, 0.5) is 26.3 Å². The molecule has 36 heavy (non-hydrogen) atoms. The van der Waals surface area contributed by atoms with Gasteiger partial charge in [0.1, 0.15) is 22.3 Å². The summed E-state index contributed by atoms with van der Waals surface area (Å²) >= 11 is -1.81. The number of nitrogens with zero attached hydrogens (tertiary/aromatic N) is 2. The van der Waals surface area contributed by atoms with Crippen molar-refractivity contribution in [3.8, 4) is 11.3 Å². The molecule has 1 N–H and O–H groups in total. The Balaban J connectivity index is 2.23. The molecule has 0 aliphatic heterocycles. The maximum absolute atomic E-state index is 14.2. The van der Waals surface area contributed by atoms with E-state index in [9.17, 15) is 30.9 Å². The van der Waals surface area contributed by atoms with E-state index in [1.54, 1.807) is 25.3 Å². The molecular weight excluding hydrogens is 504 g/mol. The molecule has 0 saturated heterocycles. The summed E-state index contributed by atoms with van der Waals surface area (Å²) in [5, 5.41) is 0.294. The molecule has 0 radical (unpaired) electrons. The minimum absolute atomic E-state index is 0.0746. The SMILES string of the molecule is CC(C)(C)Cn1cc(C(N[S@@+]([O-])C(C)(C)C)C(F)F)c2ccc(-c3ccc(F)cc3C(F)(F)F)nc21. The molecule has 11 heteroatoms. The van der Waals surface area contributed by atoms with Crippen LogP contribution in [0.2, 0.25) is 0 Å². The van der Waals surface area contributed by atoms with Gasteiger partial charge < -0.3 is 9.12 Å². The summed E-state index contributed by atoms with van der Waals surface area (Å²) in [4.78, 5) is 4.42. The number of nitrogens with one attached hydrogen (secondary N) is 1. The Kier molecular flexibility index (Phi) is 7.80. The van der Waals surface area contributed by atoms with Crippen LogP contribution in [0.25, 0.3) is 22.3 Å². The van der Waals surface area contributed by atoms with E-state index in [1.807, 2.05) is 20.8 Å². The lowest BCUT2D eigenvalue weighted by Crippen LogP contribution is -2.43. The van der Waals surface area contributed by atoms with Crippen LogP contribution in [0.5, 0.6) is 0 Å². The van der Waals surface area contributed by atoms with Gasteiger partial charge in [0.05, 0.1) is 11.3 Å². The van der Waals surface area contributed by atoms with Crippen molar-refractivity contribution in [3.63, 3.8) is 0 Å². The van der Waals surface area contributed by atoms with Crippen LogP contribution in [-0.4, -0.2) is 25.3 Å². The van der Waals surface area contributed by atoms with Gasteiger partial charge in [-0.15, -0.1) is 4.72 Å². The van der Waals surface area contributed by atoms with Crippen LogP contribution < -0.4 is 4.72 Å². The Morgan fingerprint density at radius 3 is 2.19 bits per heavy atom. The van der Waals surface area contributed by atoms with Crippen molar-refractivity contribution in [1.82, 2.24) is 14.3 Å². The largest absolute Gasteiger partial charge is 0.598 e. The minimum Gasteiger partial charge on any atom is -0.598 e. The molecule has 2 atom stereocenters. The third-order valence-electron chi connectivity index (χ3n) is 5.34. The topological polar surface area (TPSA) is 52.9 Å². The minimum atomic E-state index is -4.83. The second-order valence-corrected chi connectivity index (χ2v) is 12.8. The summed E-state index contributed by atoms with van der Waals surface area (Å²) in [6.45, 7) is 11.0. The number of rotatable bonds is 6. The molecule has 0 bridgehead atoms. The number of benzene rings is 1. The average Bonchev–Trinajstić information content (AvgIpc) is 3.05.